The molecule has 1 amide bonds. The molecule has 0 radical (unpaired) electrons. The molecule has 27 heavy (non-hydrogen) atoms. The lowest BCUT2D eigenvalue weighted by Gasteiger charge is -2.35. The van der Waals surface area contributed by atoms with Gasteiger partial charge in [-0.25, -0.2) is 8.42 Å². The Balaban J connectivity index is 1.53. The van der Waals surface area contributed by atoms with E-state index in [0.717, 1.165) is 42.8 Å². The van der Waals surface area contributed by atoms with Gasteiger partial charge in [-0.3, -0.25) is 9.69 Å². The number of ether oxygens (including phenoxy) is 1. The Bertz CT molecular complexity index is 772. The summed E-state index contributed by atoms with van der Waals surface area (Å²) < 4.78 is 30.0. The number of hydrogen-bond donors (Lipinski definition) is 1. The molecule has 1 aromatic rings. The summed E-state index contributed by atoms with van der Waals surface area (Å²) in [5, 5.41) is 2.95. The van der Waals surface area contributed by atoms with E-state index in [-0.39, 0.29) is 42.5 Å². The molecule has 150 valence electrons. The van der Waals surface area contributed by atoms with Gasteiger partial charge < -0.3 is 10.1 Å². The van der Waals surface area contributed by atoms with Crippen LogP contribution in [-0.4, -0.2) is 62.5 Å². The SMILES string of the molecule is Cc1cccc(OCCC(=O)NC2CS(=O)(=O)CC2N2CCCCC2)c1C. The highest BCUT2D eigenvalue weighted by atomic mass is 32.2. The second kappa shape index (κ2) is 8.61. The first-order chi connectivity index (χ1) is 12.9. The lowest BCUT2D eigenvalue weighted by Crippen LogP contribution is -2.52. The number of benzene rings is 1. The first-order valence-corrected chi connectivity index (χ1v) is 11.6. The standard InChI is InChI=1S/C20H30N2O4S/c1-15-7-6-8-19(16(15)2)26-12-9-20(23)21-17-13-27(24,25)14-18(17)22-10-4-3-5-11-22/h6-8,17-18H,3-5,9-14H2,1-2H3,(H,21,23). The molecule has 7 heteroatoms. The molecule has 1 aromatic carbocycles. The van der Waals surface area contributed by atoms with Crippen molar-refractivity contribution >= 4 is 15.7 Å². The van der Waals surface area contributed by atoms with Gasteiger partial charge in [0, 0.05) is 6.04 Å². The van der Waals surface area contributed by atoms with E-state index in [1.165, 1.54) is 6.42 Å². The van der Waals surface area contributed by atoms with Crippen molar-refractivity contribution in [2.75, 3.05) is 31.2 Å². The summed E-state index contributed by atoms with van der Waals surface area (Å²) in [4.78, 5) is 14.6. The number of likely N-dealkylation sites (tertiary alicyclic amines) is 1. The Morgan fingerprint density at radius 3 is 2.67 bits per heavy atom. The van der Waals surface area contributed by atoms with Crippen LogP contribution >= 0.6 is 0 Å². The van der Waals surface area contributed by atoms with Crippen molar-refractivity contribution in [3.63, 3.8) is 0 Å². The highest BCUT2D eigenvalue weighted by Crippen LogP contribution is 2.23. The van der Waals surface area contributed by atoms with Crippen molar-refractivity contribution in [2.24, 2.45) is 0 Å². The monoisotopic (exact) mass is 394 g/mol. The smallest absolute Gasteiger partial charge is 0.223 e. The Morgan fingerprint density at radius 1 is 1.19 bits per heavy atom. The summed E-state index contributed by atoms with van der Waals surface area (Å²) in [5.74, 6) is 0.830. The predicted molar refractivity (Wildman–Crippen MR) is 106 cm³/mol. The van der Waals surface area contributed by atoms with E-state index in [4.69, 9.17) is 4.74 Å². The summed E-state index contributed by atoms with van der Waals surface area (Å²) in [6.45, 7) is 6.14. The van der Waals surface area contributed by atoms with Crippen molar-refractivity contribution in [1.29, 1.82) is 0 Å². The summed E-state index contributed by atoms with van der Waals surface area (Å²) in [7, 11) is -3.10. The maximum Gasteiger partial charge on any atom is 0.223 e. The van der Waals surface area contributed by atoms with E-state index < -0.39 is 9.84 Å². The number of sulfone groups is 1. The van der Waals surface area contributed by atoms with E-state index in [0.29, 0.717) is 0 Å². The number of carbonyl (C=O) groups is 1. The van der Waals surface area contributed by atoms with Gasteiger partial charge in [-0.15, -0.1) is 0 Å². The molecule has 2 atom stereocenters. The molecule has 0 aliphatic carbocycles. The largest absolute Gasteiger partial charge is 0.493 e. The topological polar surface area (TPSA) is 75.7 Å². The molecule has 2 unspecified atom stereocenters. The van der Waals surface area contributed by atoms with Gasteiger partial charge in [0.1, 0.15) is 5.75 Å². The number of amides is 1. The molecule has 0 aromatic heterocycles. The summed E-state index contributed by atoms with van der Waals surface area (Å²) in [6, 6.07) is 5.44. The first-order valence-electron chi connectivity index (χ1n) is 9.78. The quantitative estimate of drug-likeness (QED) is 0.797. The second-order valence-electron chi connectivity index (χ2n) is 7.71. The molecule has 2 aliphatic rings. The first kappa shape index (κ1) is 20.1. The Hall–Kier alpha value is -1.60. The van der Waals surface area contributed by atoms with Crippen molar-refractivity contribution in [3.05, 3.63) is 29.3 Å². The number of carbonyl (C=O) groups excluding carboxylic acids is 1. The molecule has 1 N–H and O–H groups in total. The molecule has 0 spiro atoms. The van der Waals surface area contributed by atoms with E-state index in [2.05, 4.69) is 10.2 Å². The average molecular weight is 395 g/mol. The second-order valence-corrected chi connectivity index (χ2v) is 9.87. The van der Waals surface area contributed by atoms with Crippen LogP contribution in [0, 0.1) is 13.8 Å². The van der Waals surface area contributed by atoms with Crippen LogP contribution in [-0.2, 0) is 14.6 Å². The number of piperidine rings is 1. The third-order valence-electron chi connectivity index (χ3n) is 5.67. The number of nitrogens with one attached hydrogen (secondary N) is 1. The van der Waals surface area contributed by atoms with Gasteiger partial charge in [0.25, 0.3) is 0 Å². The molecule has 2 fully saturated rings. The van der Waals surface area contributed by atoms with Gasteiger partial charge in [0.15, 0.2) is 9.84 Å². The highest BCUT2D eigenvalue weighted by molar-refractivity contribution is 7.91. The number of hydrogen-bond acceptors (Lipinski definition) is 5. The van der Waals surface area contributed by atoms with Crippen LogP contribution in [0.25, 0.3) is 0 Å². The minimum Gasteiger partial charge on any atom is -0.493 e. The van der Waals surface area contributed by atoms with Crippen LogP contribution in [0.5, 0.6) is 5.75 Å². The normalized spacial score (nSPS) is 25.3. The molecule has 2 saturated heterocycles. The van der Waals surface area contributed by atoms with Crippen molar-refractivity contribution in [1.82, 2.24) is 10.2 Å². The number of aryl methyl sites for hydroxylation is 1. The Kier molecular flexibility index (Phi) is 6.42. The maximum absolute atomic E-state index is 12.4. The molecule has 6 nitrogen and oxygen atoms in total. The fourth-order valence-electron chi connectivity index (χ4n) is 3.99. The zero-order valence-electron chi connectivity index (χ0n) is 16.2. The maximum atomic E-state index is 12.4. The third-order valence-corrected chi connectivity index (χ3v) is 7.39. The lowest BCUT2D eigenvalue weighted by molar-refractivity contribution is -0.122. The molecule has 2 aliphatic heterocycles. The van der Waals surface area contributed by atoms with Crippen LogP contribution in [0.4, 0.5) is 0 Å². The number of nitrogens with zero attached hydrogens (tertiary/aromatic N) is 1. The van der Waals surface area contributed by atoms with Crippen LogP contribution in [0.1, 0.15) is 36.8 Å². The van der Waals surface area contributed by atoms with Gasteiger partial charge >= 0.3 is 0 Å². The third kappa shape index (κ3) is 5.23. The molecule has 3 rings (SSSR count). The van der Waals surface area contributed by atoms with E-state index in [1.807, 2.05) is 32.0 Å². The summed E-state index contributed by atoms with van der Waals surface area (Å²) in [5.41, 5.74) is 2.22. The van der Waals surface area contributed by atoms with Crippen molar-refractivity contribution < 1.29 is 17.9 Å². The highest BCUT2D eigenvalue weighted by Gasteiger charge is 2.41. The molecular formula is C20H30N2O4S. The average Bonchev–Trinajstić information content (AvgIpc) is 2.93. The van der Waals surface area contributed by atoms with Crippen molar-refractivity contribution in [2.45, 2.75) is 51.6 Å². The van der Waals surface area contributed by atoms with E-state index >= 15 is 0 Å². The predicted octanol–water partition coefficient (Wildman–Crippen LogP) is 1.84. The Labute approximate surface area is 162 Å². The van der Waals surface area contributed by atoms with Gasteiger partial charge in [-0.05, 0) is 57.0 Å². The summed E-state index contributed by atoms with van der Waals surface area (Å²) in [6.07, 6.45) is 3.61. The van der Waals surface area contributed by atoms with Gasteiger partial charge in [0.05, 0.1) is 30.6 Å². The van der Waals surface area contributed by atoms with Crippen LogP contribution < -0.4 is 10.1 Å². The minimum atomic E-state index is -3.10. The number of rotatable bonds is 6. The minimum absolute atomic E-state index is 0.0394. The molecule has 0 saturated carbocycles. The van der Waals surface area contributed by atoms with Gasteiger partial charge in [0.2, 0.25) is 5.91 Å². The fourth-order valence-corrected chi connectivity index (χ4v) is 5.94. The fraction of sp³-hybridized carbons (Fsp3) is 0.650. The molecule has 2 heterocycles. The zero-order chi connectivity index (χ0) is 19.4. The lowest BCUT2D eigenvalue weighted by atomic mass is 10.0. The summed E-state index contributed by atoms with van der Waals surface area (Å²) >= 11 is 0. The Morgan fingerprint density at radius 2 is 1.93 bits per heavy atom. The van der Waals surface area contributed by atoms with Crippen LogP contribution in [0.2, 0.25) is 0 Å². The van der Waals surface area contributed by atoms with Crippen molar-refractivity contribution in [3.8, 4) is 5.75 Å². The van der Waals surface area contributed by atoms with E-state index in [9.17, 15) is 13.2 Å². The van der Waals surface area contributed by atoms with Crippen LogP contribution in [0.3, 0.4) is 0 Å². The van der Waals surface area contributed by atoms with Gasteiger partial charge in [-0.2, -0.15) is 0 Å². The van der Waals surface area contributed by atoms with Crippen LogP contribution in [0.15, 0.2) is 18.2 Å². The molecular weight excluding hydrogens is 364 g/mol. The molecule has 0 bridgehead atoms. The van der Waals surface area contributed by atoms with Gasteiger partial charge in [-0.1, -0.05) is 18.6 Å². The zero-order valence-corrected chi connectivity index (χ0v) is 17.1. The van der Waals surface area contributed by atoms with E-state index in [1.54, 1.807) is 0 Å².